The quantitative estimate of drug-likeness (QED) is 0.607. The van der Waals surface area contributed by atoms with Crippen LogP contribution in [0.15, 0.2) is 46.4 Å². The predicted octanol–water partition coefficient (Wildman–Crippen LogP) is 5.00. The van der Waals surface area contributed by atoms with Crippen molar-refractivity contribution in [1.29, 1.82) is 0 Å². The Morgan fingerprint density at radius 1 is 1.32 bits per heavy atom. The summed E-state index contributed by atoms with van der Waals surface area (Å²) in [6.07, 6.45) is 1.90. The Bertz CT molecular complexity index is 762. The van der Waals surface area contributed by atoms with Gasteiger partial charge in [-0.15, -0.1) is 11.3 Å². The van der Waals surface area contributed by atoms with E-state index in [1.165, 1.54) is 11.3 Å². The molecule has 19 heavy (non-hydrogen) atoms. The molecule has 3 aromatic rings. The van der Waals surface area contributed by atoms with Gasteiger partial charge in [0.15, 0.2) is 5.78 Å². The first-order valence-electron chi connectivity index (χ1n) is 5.66. The topological polar surface area (TPSA) is 22.0 Å². The number of para-hydroxylation sites is 1. The number of rotatable bonds is 3. The number of hydrogen-bond acceptors (Lipinski definition) is 2. The average molecular weight is 355 g/mol. The summed E-state index contributed by atoms with van der Waals surface area (Å²) in [6, 6.07) is 9.60. The van der Waals surface area contributed by atoms with Crippen molar-refractivity contribution in [3.8, 4) is 0 Å². The fraction of sp³-hybridized carbons (Fsp3) is 0.0714. The van der Waals surface area contributed by atoms with E-state index in [0.29, 0.717) is 11.6 Å². The molecule has 96 valence electrons. The minimum atomic E-state index is 0.0827. The lowest BCUT2D eigenvalue weighted by molar-refractivity contribution is 0.0977. The third-order valence-electron chi connectivity index (χ3n) is 2.92. The van der Waals surface area contributed by atoms with Gasteiger partial charge in [-0.05, 0) is 39.5 Å². The molecule has 1 aromatic carbocycles. The first-order valence-corrected chi connectivity index (χ1v) is 7.71. The zero-order valence-corrected chi connectivity index (χ0v) is 12.9. The summed E-state index contributed by atoms with van der Waals surface area (Å²) in [6.45, 7) is 0.298. The number of carbonyl (C=O) groups excluding carboxylic acids is 1. The molecule has 2 aromatic heterocycles. The molecule has 0 atom stereocenters. The van der Waals surface area contributed by atoms with Gasteiger partial charge >= 0.3 is 0 Å². The van der Waals surface area contributed by atoms with E-state index in [1.54, 1.807) is 0 Å². The van der Waals surface area contributed by atoms with Crippen LogP contribution in [0.25, 0.3) is 10.9 Å². The number of thiophene rings is 1. The molecule has 0 N–H and O–H groups in total. The molecule has 0 radical (unpaired) electrons. The first kappa shape index (κ1) is 12.9. The predicted molar refractivity (Wildman–Crippen MR) is 83.3 cm³/mol. The highest BCUT2D eigenvalue weighted by Gasteiger charge is 2.14. The molecule has 2 nitrogen and oxygen atoms in total. The van der Waals surface area contributed by atoms with Crippen LogP contribution in [-0.4, -0.2) is 10.4 Å². The number of aromatic nitrogens is 1. The largest absolute Gasteiger partial charge is 0.338 e. The van der Waals surface area contributed by atoms with Crippen LogP contribution in [0.2, 0.25) is 5.02 Å². The maximum absolute atomic E-state index is 12.3. The number of fused-ring (bicyclic) bond motifs is 1. The van der Waals surface area contributed by atoms with E-state index < -0.39 is 0 Å². The van der Waals surface area contributed by atoms with Gasteiger partial charge in [0, 0.05) is 16.1 Å². The molecule has 0 amide bonds. The molecule has 0 spiro atoms. The third kappa shape index (κ3) is 2.36. The van der Waals surface area contributed by atoms with Crippen molar-refractivity contribution in [3.63, 3.8) is 0 Å². The summed E-state index contributed by atoms with van der Waals surface area (Å²) >= 11 is 11.0. The number of ketones is 1. The molecule has 0 aliphatic rings. The van der Waals surface area contributed by atoms with Crippen LogP contribution in [0.1, 0.15) is 9.67 Å². The van der Waals surface area contributed by atoms with Crippen LogP contribution >= 0.6 is 38.9 Å². The van der Waals surface area contributed by atoms with Crippen molar-refractivity contribution in [2.24, 2.45) is 0 Å². The number of hydrogen-bond donors (Lipinski definition) is 0. The smallest absolute Gasteiger partial charge is 0.193 e. The number of Topliss-reactive ketones (excluding diaryl/α,β-unsaturated/α-hetero) is 1. The van der Waals surface area contributed by atoms with Crippen molar-refractivity contribution in [2.45, 2.75) is 6.54 Å². The van der Waals surface area contributed by atoms with Gasteiger partial charge in [-0.25, -0.2) is 0 Å². The van der Waals surface area contributed by atoms with Crippen molar-refractivity contribution >= 4 is 55.6 Å². The van der Waals surface area contributed by atoms with Gasteiger partial charge in [-0.1, -0.05) is 23.7 Å². The van der Waals surface area contributed by atoms with Crippen LogP contribution in [-0.2, 0) is 6.54 Å². The highest BCUT2D eigenvalue weighted by molar-refractivity contribution is 9.10. The fourth-order valence-corrected chi connectivity index (χ4v) is 3.88. The zero-order chi connectivity index (χ0) is 13.4. The van der Waals surface area contributed by atoms with Gasteiger partial charge in [0.25, 0.3) is 0 Å². The molecule has 3 rings (SSSR count). The minimum absolute atomic E-state index is 0.0827. The Labute approximate surface area is 127 Å². The summed E-state index contributed by atoms with van der Waals surface area (Å²) in [5, 5.41) is 3.61. The van der Waals surface area contributed by atoms with Crippen molar-refractivity contribution in [1.82, 2.24) is 4.57 Å². The van der Waals surface area contributed by atoms with Crippen molar-refractivity contribution < 1.29 is 4.79 Å². The molecular formula is C14H9BrClNOS. The molecule has 0 saturated carbocycles. The lowest BCUT2D eigenvalue weighted by Crippen LogP contribution is -2.08. The zero-order valence-electron chi connectivity index (χ0n) is 9.77. The number of halogens is 2. The Balaban J connectivity index is 1.98. The second kappa shape index (κ2) is 5.12. The molecule has 0 unspecified atom stereocenters. The second-order valence-electron chi connectivity index (χ2n) is 4.14. The van der Waals surface area contributed by atoms with E-state index in [-0.39, 0.29) is 5.78 Å². The standard InChI is InChI=1S/C14H9BrClNOS/c15-10-5-7-19-14(10)12(18)8-17-6-4-9-2-1-3-11(16)13(9)17/h1-7H,8H2. The van der Waals surface area contributed by atoms with Gasteiger partial charge in [-0.2, -0.15) is 0 Å². The Hall–Kier alpha value is -1.10. The first-order chi connectivity index (χ1) is 9.16. The summed E-state index contributed by atoms with van der Waals surface area (Å²) < 4.78 is 2.75. The van der Waals surface area contributed by atoms with Gasteiger partial charge in [0.2, 0.25) is 0 Å². The van der Waals surface area contributed by atoms with Gasteiger partial charge in [0.1, 0.15) is 0 Å². The van der Waals surface area contributed by atoms with Crippen LogP contribution < -0.4 is 0 Å². The van der Waals surface area contributed by atoms with Crippen LogP contribution in [0.5, 0.6) is 0 Å². The second-order valence-corrected chi connectivity index (χ2v) is 6.32. The molecular weight excluding hydrogens is 346 g/mol. The summed E-state index contributed by atoms with van der Waals surface area (Å²) in [5.41, 5.74) is 0.908. The highest BCUT2D eigenvalue weighted by atomic mass is 79.9. The molecule has 0 aliphatic carbocycles. The molecule has 0 saturated heterocycles. The number of benzene rings is 1. The van der Waals surface area contributed by atoms with Gasteiger partial charge in [0.05, 0.1) is 22.0 Å². The lowest BCUT2D eigenvalue weighted by Gasteiger charge is -2.05. The molecule has 0 bridgehead atoms. The molecule has 0 fully saturated rings. The average Bonchev–Trinajstić information content (AvgIpc) is 2.97. The Morgan fingerprint density at radius 2 is 2.16 bits per heavy atom. The van der Waals surface area contributed by atoms with E-state index in [2.05, 4.69) is 15.9 Å². The molecule has 2 heterocycles. The van der Waals surface area contributed by atoms with Crippen LogP contribution in [0.4, 0.5) is 0 Å². The molecule has 0 aliphatic heterocycles. The van der Waals surface area contributed by atoms with E-state index in [0.717, 1.165) is 20.3 Å². The number of nitrogens with zero attached hydrogens (tertiary/aromatic N) is 1. The van der Waals surface area contributed by atoms with Crippen molar-refractivity contribution in [2.75, 3.05) is 0 Å². The lowest BCUT2D eigenvalue weighted by atomic mass is 10.2. The Kier molecular flexibility index (Phi) is 3.48. The van der Waals surface area contributed by atoms with Crippen molar-refractivity contribution in [3.05, 3.63) is 56.3 Å². The van der Waals surface area contributed by atoms with E-state index in [1.807, 2.05) is 46.5 Å². The summed E-state index contributed by atoms with van der Waals surface area (Å²) in [5.74, 6) is 0.0827. The maximum atomic E-state index is 12.3. The SMILES string of the molecule is O=C(Cn1ccc2cccc(Cl)c21)c1sccc1Br. The van der Waals surface area contributed by atoms with E-state index in [9.17, 15) is 4.79 Å². The summed E-state index contributed by atoms with van der Waals surface area (Å²) in [4.78, 5) is 13.0. The third-order valence-corrected chi connectivity index (χ3v) is 5.11. The maximum Gasteiger partial charge on any atom is 0.193 e. The minimum Gasteiger partial charge on any atom is -0.338 e. The molecule has 5 heteroatoms. The van der Waals surface area contributed by atoms with Gasteiger partial charge < -0.3 is 4.57 Å². The fourth-order valence-electron chi connectivity index (χ4n) is 2.07. The summed E-state index contributed by atoms with van der Waals surface area (Å²) in [7, 11) is 0. The highest BCUT2D eigenvalue weighted by Crippen LogP contribution is 2.27. The van der Waals surface area contributed by atoms with E-state index in [4.69, 9.17) is 11.6 Å². The normalized spacial score (nSPS) is 11.1. The van der Waals surface area contributed by atoms with E-state index >= 15 is 0 Å². The van der Waals surface area contributed by atoms with Gasteiger partial charge in [-0.3, -0.25) is 4.79 Å². The van der Waals surface area contributed by atoms with Crippen LogP contribution in [0.3, 0.4) is 0 Å². The number of carbonyl (C=O) groups is 1. The monoisotopic (exact) mass is 353 g/mol. The Morgan fingerprint density at radius 3 is 2.89 bits per heavy atom. The van der Waals surface area contributed by atoms with Crippen LogP contribution in [0, 0.1) is 0 Å².